The van der Waals surface area contributed by atoms with Gasteiger partial charge in [-0.1, -0.05) is 17.7 Å². The van der Waals surface area contributed by atoms with Crippen molar-refractivity contribution in [2.75, 3.05) is 37.7 Å². The Morgan fingerprint density at radius 1 is 1.19 bits per heavy atom. The van der Waals surface area contributed by atoms with Crippen LogP contribution in [0.15, 0.2) is 29.2 Å². The second-order valence-electron chi connectivity index (χ2n) is 6.78. The van der Waals surface area contributed by atoms with Gasteiger partial charge < -0.3 is 4.90 Å². The van der Waals surface area contributed by atoms with Crippen LogP contribution in [-0.2, 0) is 14.8 Å². The van der Waals surface area contributed by atoms with Crippen molar-refractivity contribution in [1.82, 2.24) is 9.21 Å². The summed E-state index contributed by atoms with van der Waals surface area (Å²) in [5.74, 6) is 1.46. The normalized spacial score (nSPS) is 23.0. The Kier molecular flexibility index (Phi) is 6.14. The second kappa shape index (κ2) is 7.87. The first-order chi connectivity index (χ1) is 12.2. The smallest absolute Gasteiger partial charge is 0.243 e. The third-order valence-electron chi connectivity index (χ3n) is 4.75. The Morgan fingerprint density at radius 2 is 1.77 bits per heavy atom. The lowest BCUT2D eigenvalue weighted by Crippen LogP contribution is -2.51. The van der Waals surface area contributed by atoms with Crippen LogP contribution in [0.1, 0.15) is 12.0 Å². The Labute approximate surface area is 169 Å². The van der Waals surface area contributed by atoms with Gasteiger partial charge in [0.1, 0.15) is 4.33 Å². The summed E-state index contributed by atoms with van der Waals surface area (Å²) in [6, 6.07) is 6.84. The monoisotopic (exact) mass is 436 g/mol. The number of alkyl halides is 2. The lowest BCUT2D eigenvalue weighted by Gasteiger charge is -2.34. The molecule has 2 aliphatic rings. The van der Waals surface area contributed by atoms with Gasteiger partial charge >= 0.3 is 0 Å². The lowest BCUT2D eigenvalue weighted by molar-refractivity contribution is -0.129. The molecular formula is C17H22Cl2N2O3S2. The number of benzene rings is 1. The summed E-state index contributed by atoms with van der Waals surface area (Å²) in [5, 5.41) is 0. The summed E-state index contributed by atoms with van der Waals surface area (Å²) in [6.07, 6.45) is 0.785. The number of halogens is 2. The maximum absolute atomic E-state index is 12.7. The van der Waals surface area contributed by atoms with E-state index in [4.69, 9.17) is 23.2 Å². The third kappa shape index (κ3) is 4.68. The Balaban J connectivity index is 1.47. The molecule has 1 aromatic carbocycles. The van der Waals surface area contributed by atoms with E-state index in [-0.39, 0.29) is 11.8 Å². The lowest BCUT2D eigenvalue weighted by atomic mass is 10.2. The zero-order valence-corrected chi connectivity index (χ0v) is 17.7. The van der Waals surface area contributed by atoms with E-state index in [9.17, 15) is 13.2 Å². The molecule has 2 fully saturated rings. The number of amides is 1. The Morgan fingerprint density at radius 3 is 2.31 bits per heavy atom. The van der Waals surface area contributed by atoms with E-state index in [1.807, 2.05) is 6.92 Å². The number of carbonyl (C=O) groups excluding carboxylic acids is 1. The topological polar surface area (TPSA) is 57.7 Å². The van der Waals surface area contributed by atoms with Gasteiger partial charge in [0.2, 0.25) is 15.9 Å². The highest BCUT2D eigenvalue weighted by Gasteiger charge is 2.51. The minimum Gasteiger partial charge on any atom is -0.339 e. The molecule has 1 aromatic rings. The number of hydrogen-bond donors (Lipinski definition) is 0. The number of piperazine rings is 1. The van der Waals surface area contributed by atoms with Crippen molar-refractivity contribution in [3.05, 3.63) is 29.8 Å². The predicted octanol–water partition coefficient (Wildman–Crippen LogP) is 2.75. The first kappa shape index (κ1) is 20.3. The van der Waals surface area contributed by atoms with Crippen LogP contribution in [0.25, 0.3) is 0 Å². The van der Waals surface area contributed by atoms with Crippen LogP contribution in [0.4, 0.5) is 0 Å². The predicted molar refractivity (Wildman–Crippen MR) is 106 cm³/mol. The van der Waals surface area contributed by atoms with Gasteiger partial charge in [-0.2, -0.15) is 16.1 Å². The molecule has 1 saturated heterocycles. The summed E-state index contributed by atoms with van der Waals surface area (Å²) < 4.78 is 26.2. The van der Waals surface area contributed by atoms with Crippen molar-refractivity contribution in [2.45, 2.75) is 22.6 Å². The standard InChI is InChI=1S/C17H22Cl2N2O3S2/c1-13-2-4-15(5-3-13)26(23,24)21-8-6-20(7-9-21)16(22)12-25-11-14-10-17(14,18)19/h2-5,14H,6-12H2,1H3. The van der Waals surface area contributed by atoms with Gasteiger partial charge in [-0.05, 0) is 31.2 Å². The van der Waals surface area contributed by atoms with E-state index >= 15 is 0 Å². The first-order valence-corrected chi connectivity index (χ1v) is 11.9. The molecule has 26 heavy (non-hydrogen) atoms. The van der Waals surface area contributed by atoms with Crippen LogP contribution >= 0.6 is 35.0 Å². The first-order valence-electron chi connectivity index (χ1n) is 8.50. The number of sulfonamides is 1. The van der Waals surface area contributed by atoms with E-state index < -0.39 is 14.4 Å². The molecule has 0 N–H and O–H groups in total. The molecule has 9 heteroatoms. The highest BCUT2D eigenvalue weighted by atomic mass is 35.5. The van der Waals surface area contributed by atoms with E-state index in [0.717, 1.165) is 17.7 Å². The van der Waals surface area contributed by atoms with E-state index in [0.29, 0.717) is 36.8 Å². The molecule has 0 bridgehead atoms. The number of nitrogens with zero attached hydrogens (tertiary/aromatic N) is 2. The number of carbonyl (C=O) groups is 1. The molecule has 1 heterocycles. The van der Waals surface area contributed by atoms with Gasteiger partial charge in [-0.15, -0.1) is 23.2 Å². The molecular weight excluding hydrogens is 415 g/mol. The molecule has 3 rings (SSSR count). The van der Waals surface area contributed by atoms with Crippen LogP contribution in [0.2, 0.25) is 0 Å². The van der Waals surface area contributed by atoms with Gasteiger partial charge in [-0.3, -0.25) is 4.79 Å². The summed E-state index contributed by atoms with van der Waals surface area (Å²) in [5.41, 5.74) is 1.02. The van der Waals surface area contributed by atoms with Crippen molar-refractivity contribution in [2.24, 2.45) is 5.92 Å². The average Bonchev–Trinajstić information content (AvgIpc) is 3.22. The van der Waals surface area contributed by atoms with Gasteiger partial charge in [0.25, 0.3) is 0 Å². The number of aryl methyl sites for hydroxylation is 1. The van der Waals surface area contributed by atoms with Crippen molar-refractivity contribution in [1.29, 1.82) is 0 Å². The molecule has 0 radical (unpaired) electrons. The molecule has 1 saturated carbocycles. The van der Waals surface area contributed by atoms with Crippen molar-refractivity contribution < 1.29 is 13.2 Å². The summed E-state index contributed by atoms with van der Waals surface area (Å²) in [7, 11) is -3.50. The largest absolute Gasteiger partial charge is 0.339 e. The van der Waals surface area contributed by atoms with Crippen LogP contribution in [0.5, 0.6) is 0 Å². The number of hydrogen-bond acceptors (Lipinski definition) is 4. The minimum absolute atomic E-state index is 0.0396. The molecule has 1 unspecified atom stereocenters. The van der Waals surface area contributed by atoms with E-state index in [1.165, 1.54) is 4.31 Å². The summed E-state index contributed by atoms with van der Waals surface area (Å²) in [6.45, 7) is 3.40. The van der Waals surface area contributed by atoms with Crippen molar-refractivity contribution in [3.63, 3.8) is 0 Å². The highest BCUT2D eigenvalue weighted by Crippen LogP contribution is 2.54. The van der Waals surface area contributed by atoms with Crippen molar-refractivity contribution in [3.8, 4) is 0 Å². The quantitative estimate of drug-likeness (QED) is 0.643. The minimum atomic E-state index is -3.50. The fourth-order valence-corrected chi connectivity index (χ4v) is 6.16. The molecule has 144 valence electrons. The summed E-state index contributed by atoms with van der Waals surface area (Å²) in [4.78, 5) is 14.3. The molecule has 1 aliphatic carbocycles. The fraction of sp³-hybridized carbons (Fsp3) is 0.588. The Bertz CT molecular complexity index is 761. The highest BCUT2D eigenvalue weighted by molar-refractivity contribution is 7.99. The van der Waals surface area contributed by atoms with Crippen molar-refractivity contribution >= 4 is 50.9 Å². The van der Waals surface area contributed by atoms with Gasteiger partial charge in [0.05, 0.1) is 10.6 Å². The molecule has 0 aromatic heterocycles. The van der Waals surface area contributed by atoms with Crippen LogP contribution in [0.3, 0.4) is 0 Å². The van der Waals surface area contributed by atoms with Crippen LogP contribution in [-0.4, -0.2) is 65.5 Å². The van der Waals surface area contributed by atoms with Gasteiger partial charge in [-0.25, -0.2) is 8.42 Å². The number of rotatable bonds is 6. The molecule has 5 nitrogen and oxygen atoms in total. The van der Waals surface area contributed by atoms with E-state index in [2.05, 4.69) is 0 Å². The molecule has 1 amide bonds. The van der Waals surface area contributed by atoms with Crippen LogP contribution < -0.4 is 0 Å². The molecule has 1 atom stereocenters. The third-order valence-corrected chi connectivity index (χ3v) is 8.68. The van der Waals surface area contributed by atoms with E-state index in [1.54, 1.807) is 40.9 Å². The van der Waals surface area contributed by atoms with Crippen LogP contribution in [0, 0.1) is 12.8 Å². The number of thioether (sulfide) groups is 1. The SMILES string of the molecule is Cc1ccc(S(=O)(=O)N2CCN(C(=O)CSCC3CC3(Cl)Cl)CC2)cc1. The second-order valence-corrected chi connectivity index (χ2v) is 11.3. The van der Waals surface area contributed by atoms with Gasteiger partial charge in [0.15, 0.2) is 0 Å². The average molecular weight is 437 g/mol. The zero-order chi connectivity index (χ0) is 18.9. The summed E-state index contributed by atoms with van der Waals surface area (Å²) >= 11 is 13.5. The molecule has 1 aliphatic heterocycles. The maximum atomic E-state index is 12.7. The van der Waals surface area contributed by atoms with Gasteiger partial charge in [0, 0.05) is 32.1 Å². The fourth-order valence-electron chi connectivity index (χ4n) is 2.87. The Hall–Kier alpha value is -0.470. The zero-order valence-electron chi connectivity index (χ0n) is 14.5. The maximum Gasteiger partial charge on any atom is 0.243 e. The molecule has 0 spiro atoms.